The van der Waals surface area contributed by atoms with Crippen LogP contribution in [0.5, 0.6) is 0 Å². The summed E-state index contributed by atoms with van der Waals surface area (Å²) >= 11 is 0. The first-order chi connectivity index (χ1) is 8.43. The van der Waals surface area contributed by atoms with Crippen molar-refractivity contribution < 1.29 is 18.0 Å². The number of nitrogens with zero attached hydrogens (tertiary/aromatic N) is 1. The highest BCUT2D eigenvalue weighted by atomic mass is 19.4. The Labute approximate surface area is 99.6 Å². The van der Waals surface area contributed by atoms with Gasteiger partial charge in [0.1, 0.15) is 5.69 Å². The third-order valence-electron chi connectivity index (χ3n) is 2.38. The average Bonchev–Trinajstić information content (AvgIpc) is 2.35. The van der Waals surface area contributed by atoms with Crippen molar-refractivity contribution in [2.45, 2.75) is 6.18 Å². The molecule has 1 aromatic carbocycles. The topological polar surface area (TPSA) is 68.0 Å². The minimum absolute atomic E-state index is 0.0888. The number of hydrogen-bond donors (Lipinski definition) is 2. The molecule has 0 unspecified atom stereocenters. The van der Waals surface area contributed by atoms with E-state index in [4.69, 9.17) is 5.84 Å². The van der Waals surface area contributed by atoms with Crippen LogP contribution in [0.4, 0.5) is 13.2 Å². The van der Waals surface area contributed by atoms with Crippen molar-refractivity contribution in [3.8, 4) is 0 Å². The van der Waals surface area contributed by atoms with Crippen molar-refractivity contribution in [2.75, 3.05) is 0 Å². The van der Waals surface area contributed by atoms with Crippen LogP contribution in [-0.2, 0) is 6.18 Å². The van der Waals surface area contributed by atoms with Crippen LogP contribution in [0, 0.1) is 0 Å². The molecule has 94 valence electrons. The largest absolute Gasteiger partial charge is 0.433 e. The lowest BCUT2D eigenvalue weighted by molar-refractivity contribution is -0.140. The second-order valence-corrected chi connectivity index (χ2v) is 3.54. The van der Waals surface area contributed by atoms with Gasteiger partial charge in [-0.3, -0.25) is 10.2 Å². The van der Waals surface area contributed by atoms with Crippen LogP contribution in [0.3, 0.4) is 0 Å². The Morgan fingerprint density at radius 1 is 1.28 bits per heavy atom. The zero-order valence-electron chi connectivity index (χ0n) is 8.95. The summed E-state index contributed by atoms with van der Waals surface area (Å²) in [4.78, 5) is 15.0. The van der Waals surface area contributed by atoms with E-state index in [9.17, 15) is 18.0 Å². The minimum Gasteiger partial charge on any atom is -0.290 e. The van der Waals surface area contributed by atoms with Crippen molar-refractivity contribution in [1.82, 2.24) is 10.4 Å². The number of fused-ring (bicyclic) bond motifs is 1. The smallest absolute Gasteiger partial charge is 0.290 e. The average molecular weight is 255 g/mol. The maximum absolute atomic E-state index is 12.6. The van der Waals surface area contributed by atoms with Gasteiger partial charge in [0.2, 0.25) is 0 Å². The van der Waals surface area contributed by atoms with Crippen LogP contribution in [0.1, 0.15) is 16.1 Å². The van der Waals surface area contributed by atoms with Crippen molar-refractivity contribution >= 4 is 16.8 Å². The molecule has 0 bridgehead atoms. The highest BCUT2D eigenvalue weighted by molar-refractivity contribution is 6.06. The second-order valence-electron chi connectivity index (χ2n) is 3.54. The first kappa shape index (κ1) is 12.3. The van der Waals surface area contributed by atoms with Gasteiger partial charge in [0.05, 0.1) is 11.1 Å². The van der Waals surface area contributed by atoms with Crippen molar-refractivity contribution in [2.24, 2.45) is 5.84 Å². The molecule has 0 radical (unpaired) electrons. The summed E-state index contributed by atoms with van der Waals surface area (Å²) in [6, 6.07) is 6.74. The molecule has 18 heavy (non-hydrogen) atoms. The number of nitrogens with one attached hydrogen (secondary N) is 1. The molecule has 0 spiro atoms. The summed E-state index contributed by atoms with van der Waals surface area (Å²) < 4.78 is 37.9. The van der Waals surface area contributed by atoms with Crippen LogP contribution in [0.25, 0.3) is 10.9 Å². The van der Waals surface area contributed by atoms with Crippen molar-refractivity contribution in [1.29, 1.82) is 0 Å². The summed E-state index contributed by atoms with van der Waals surface area (Å²) in [6.07, 6.45) is -4.62. The summed E-state index contributed by atoms with van der Waals surface area (Å²) in [6.45, 7) is 0. The van der Waals surface area contributed by atoms with Gasteiger partial charge in [-0.2, -0.15) is 13.2 Å². The molecule has 2 rings (SSSR count). The monoisotopic (exact) mass is 255 g/mol. The van der Waals surface area contributed by atoms with E-state index >= 15 is 0 Å². The molecule has 0 aliphatic carbocycles. The molecule has 4 nitrogen and oxygen atoms in total. The summed E-state index contributed by atoms with van der Waals surface area (Å²) in [5.41, 5.74) is 0.625. The summed E-state index contributed by atoms with van der Waals surface area (Å²) in [7, 11) is 0. The molecule has 0 atom stereocenters. The van der Waals surface area contributed by atoms with Gasteiger partial charge in [0.15, 0.2) is 0 Å². The minimum atomic E-state index is -4.62. The number of nitrogen functional groups attached to an aromatic ring is 1. The Kier molecular flexibility index (Phi) is 2.92. The van der Waals surface area contributed by atoms with Crippen molar-refractivity contribution in [3.05, 3.63) is 41.6 Å². The third-order valence-corrected chi connectivity index (χ3v) is 2.38. The second kappa shape index (κ2) is 4.26. The standard InChI is InChI=1S/C11H8F3N3O/c12-11(13,14)9-5-7(10(18)17-15)6-3-1-2-4-8(6)16-9/h1-5H,15H2,(H,17,18). The Balaban J connectivity index is 2.77. The molecule has 0 fully saturated rings. The molecule has 3 N–H and O–H groups in total. The van der Waals surface area contributed by atoms with E-state index in [1.165, 1.54) is 12.1 Å². The first-order valence-electron chi connectivity index (χ1n) is 4.91. The molecule has 1 heterocycles. The molecular weight excluding hydrogens is 247 g/mol. The quantitative estimate of drug-likeness (QED) is 0.464. The number of amides is 1. The number of para-hydroxylation sites is 1. The Morgan fingerprint density at radius 2 is 1.94 bits per heavy atom. The highest BCUT2D eigenvalue weighted by Crippen LogP contribution is 2.30. The predicted octanol–water partition coefficient (Wildman–Crippen LogP) is 1.86. The zero-order chi connectivity index (χ0) is 13.3. The molecule has 7 heteroatoms. The number of hydrazine groups is 1. The zero-order valence-corrected chi connectivity index (χ0v) is 8.95. The van der Waals surface area contributed by atoms with E-state index in [-0.39, 0.29) is 11.1 Å². The first-order valence-corrected chi connectivity index (χ1v) is 4.91. The lowest BCUT2D eigenvalue weighted by Crippen LogP contribution is -2.30. The lowest BCUT2D eigenvalue weighted by atomic mass is 10.1. The Morgan fingerprint density at radius 3 is 2.56 bits per heavy atom. The van der Waals surface area contributed by atoms with Gasteiger partial charge in [-0.1, -0.05) is 18.2 Å². The van der Waals surface area contributed by atoms with Gasteiger partial charge >= 0.3 is 6.18 Å². The molecule has 0 aliphatic rings. The molecule has 0 aliphatic heterocycles. The van der Waals surface area contributed by atoms with Gasteiger partial charge in [0.25, 0.3) is 5.91 Å². The molecule has 0 saturated carbocycles. The Hall–Kier alpha value is -2.15. The highest BCUT2D eigenvalue weighted by Gasteiger charge is 2.33. The number of carbonyl (C=O) groups excluding carboxylic acids is 1. The maximum atomic E-state index is 12.6. The van der Waals surface area contributed by atoms with E-state index in [0.717, 1.165) is 0 Å². The lowest BCUT2D eigenvalue weighted by Gasteiger charge is -2.10. The number of rotatable bonds is 1. The number of alkyl halides is 3. The van der Waals surface area contributed by atoms with Crippen LogP contribution < -0.4 is 11.3 Å². The molecule has 0 saturated heterocycles. The summed E-state index contributed by atoms with van der Waals surface area (Å²) in [5.74, 6) is 4.16. The third kappa shape index (κ3) is 2.12. The maximum Gasteiger partial charge on any atom is 0.433 e. The van der Waals surface area contributed by atoms with Gasteiger partial charge in [-0.25, -0.2) is 10.8 Å². The van der Waals surface area contributed by atoms with Crippen LogP contribution in [0.2, 0.25) is 0 Å². The number of halogens is 3. The number of nitrogens with two attached hydrogens (primary N) is 1. The van der Waals surface area contributed by atoms with E-state index in [1.54, 1.807) is 12.1 Å². The van der Waals surface area contributed by atoms with Crippen LogP contribution in [-0.4, -0.2) is 10.9 Å². The molecule has 1 amide bonds. The van der Waals surface area contributed by atoms with Gasteiger partial charge in [0, 0.05) is 5.39 Å². The number of hydrogen-bond acceptors (Lipinski definition) is 3. The normalized spacial score (nSPS) is 11.6. The van der Waals surface area contributed by atoms with Crippen LogP contribution in [0.15, 0.2) is 30.3 Å². The predicted molar refractivity (Wildman–Crippen MR) is 58.4 cm³/mol. The van der Waals surface area contributed by atoms with E-state index < -0.39 is 17.8 Å². The van der Waals surface area contributed by atoms with Gasteiger partial charge in [-0.05, 0) is 12.1 Å². The van der Waals surface area contributed by atoms with E-state index in [2.05, 4.69) is 4.98 Å². The van der Waals surface area contributed by atoms with E-state index in [0.29, 0.717) is 11.5 Å². The Bertz CT molecular complexity index is 610. The molecule has 1 aromatic heterocycles. The van der Waals surface area contributed by atoms with Gasteiger partial charge < -0.3 is 0 Å². The molecule has 2 aromatic rings. The number of aromatic nitrogens is 1. The fourth-order valence-corrected chi connectivity index (χ4v) is 1.59. The fraction of sp³-hybridized carbons (Fsp3) is 0.0909. The molecular formula is C11H8F3N3O. The SMILES string of the molecule is NNC(=O)c1cc(C(F)(F)F)nc2ccccc12. The fourth-order valence-electron chi connectivity index (χ4n) is 1.59. The number of benzene rings is 1. The van der Waals surface area contributed by atoms with Crippen molar-refractivity contribution in [3.63, 3.8) is 0 Å². The summed E-state index contributed by atoms with van der Waals surface area (Å²) in [5, 5.41) is 0.313. The van der Waals surface area contributed by atoms with E-state index in [1.807, 2.05) is 5.43 Å². The number of carbonyl (C=O) groups is 1. The van der Waals surface area contributed by atoms with Gasteiger partial charge in [-0.15, -0.1) is 0 Å². The van der Waals surface area contributed by atoms with Crippen LogP contribution >= 0.6 is 0 Å². The number of pyridine rings is 1.